The summed E-state index contributed by atoms with van der Waals surface area (Å²) < 4.78 is 32.3. The normalized spacial score (nSPS) is 12.7. The number of benzene rings is 2. The highest BCUT2D eigenvalue weighted by Gasteiger charge is 2.21. The summed E-state index contributed by atoms with van der Waals surface area (Å²) in [6, 6.07) is 11.0. The van der Waals surface area contributed by atoms with Gasteiger partial charge in [-0.2, -0.15) is 0 Å². The monoisotopic (exact) mass is 367 g/mol. The van der Waals surface area contributed by atoms with Crippen LogP contribution >= 0.6 is 11.6 Å². The lowest BCUT2D eigenvalue weighted by Crippen LogP contribution is -2.27. The predicted octanol–water partition coefficient (Wildman–Crippen LogP) is 3.47. The van der Waals surface area contributed by atoms with E-state index in [9.17, 15) is 13.2 Å². The van der Waals surface area contributed by atoms with E-state index in [1.807, 2.05) is 31.2 Å². The Morgan fingerprint density at radius 2 is 1.79 bits per heavy atom. The molecule has 0 spiro atoms. The number of halogens is 1. The van der Waals surface area contributed by atoms with Gasteiger partial charge in [0.2, 0.25) is 10.0 Å². The van der Waals surface area contributed by atoms with Crippen molar-refractivity contribution < 1.29 is 17.9 Å². The van der Waals surface area contributed by atoms with Crippen LogP contribution < -0.4 is 4.72 Å². The molecule has 2 aromatic carbocycles. The summed E-state index contributed by atoms with van der Waals surface area (Å²) in [5.74, 6) is -0.691. The minimum absolute atomic E-state index is 0.00466. The van der Waals surface area contributed by atoms with Crippen molar-refractivity contribution in [2.45, 2.75) is 24.8 Å². The Balaban J connectivity index is 2.30. The summed E-state index contributed by atoms with van der Waals surface area (Å²) in [5, 5.41) is 0.132. The number of carbonyl (C=O) groups excluding carboxylic acids is 1. The highest BCUT2D eigenvalue weighted by atomic mass is 35.5. The number of esters is 1. The van der Waals surface area contributed by atoms with Crippen molar-refractivity contribution in [2.75, 3.05) is 7.11 Å². The Bertz CT molecular complexity index is 847. The van der Waals surface area contributed by atoms with Crippen LogP contribution in [0.1, 0.15) is 34.5 Å². The molecular weight excluding hydrogens is 350 g/mol. The standard InChI is InChI=1S/C17H18ClNO4S/c1-11-4-6-13(7-5-11)12(2)19-24(21,22)14-8-9-16(18)15(10-14)17(20)23-3/h4-10,12,19H,1-3H3/t12-/m0/s1. The first kappa shape index (κ1) is 18.4. The molecule has 2 rings (SSSR count). The molecule has 128 valence electrons. The molecule has 0 amide bonds. The molecule has 0 saturated carbocycles. The van der Waals surface area contributed by atoms with Crippen LogP contribution in [0.3, 0.4) is 0 Å². The summed E-state index contributed by atoms with van der Waals surface area (Å²) in [5.41, 5.74) is 1.94. The van der Waals surface area contributed by atoms with E-state index in [0.29, 0.717) is 0 Å². The molecule has 7 heteroatoms. The zero-order valence-electron chi connectivity index (χ0n) is 13.5. The molecule has 5 nitrogen and oxygen atoms in total. The third-order valence-corrected chi connectivity index (χ3v) is 5.43. The van der Waals surface area contributed by atoms with Gasteiger partial charge in [-0.3, -0.25) is 0 Å². The van der Waals surface area contributed by atoms with Crippen molar-refractivity contribution >= 4 is 27.6 Å². The largest absolute Gasteiger partial charge is 0.465 e. The fourth-order valence-electron chi connectivity index (χ4n) is 2.16. The minimum atomic E-state index is -3.82. The zero-order chi connectivity index (χ0) is 17.9. The Morgan fingerprint density at radius 1 is 1.17 bits per heavy atom. The number of rotatable bonds is 5. The van der Waals surface area contributed by atoms with E-state index >= 15 is 0 Å². The van der Waals surface area contributed by atoms with Gasteiger partial charge < -0.3 is 4.74 Å². The topological polar surface area (TPSA) is 72.5 Å². The van der Waals surface area contributed by atoms with Crippen LogP contribution in [-0.4, -0.2) is 21.5 Å². The van der Waals surface area contributed by atoms with Crippen molar-refractivity contribution in [3.63, 3.8) is 0 Å². The highest BCUT2D eigenvalue weighted by molar-refractivity contribution is 7.89. The molecule has 0 saturated heterocycles. The molecule has 24 heavy (non-hydrogen) atoms. The smallest absolute Gasteiger partial charge is 0.339 e. The van der Waals surface area contributed by atoms with Crippen molar-refractivity contribution in [3.8, 4) is 0 Å². The molecule has 0 heterocycles. The van der Waals surface area contributed by atoms with Crippen LogP contribution in [0.15, 0.2) is 47.4 Å². The minimum Gasteiger partial charge on any atom is -0.465 e. The second-order valence-electron chi connectivity index (χ2n) is 5.39. The summed E-state index contributed by atoms with van der Waals surface area (Å²) in [4.78, 5) is 11.6. The van der Waals surface area contributed by atoms with Crippen LogP contribution in [0.25, 0.3) is 0 Å². The van der Waals surface area contributed by atoms with E-state index in [-0.39, 0.29) is 15.5 Å². The van der Waals surface area contributed by atoms with Gasteiger partial charge in [-0.25, -0.2) is 17.9 Å². The summed E-state index contributed by atoms with van der Waals surface area (Å²) in [7, 11) is -2.61. The lowest BCUT2D eigenvalue weighted by molar-refractivity contribution is 0.0600. The molecule has 0 aliphatic heterocycles. The van der Waals surface area contributed by atoms with Gasteiger partial charge in [0, 0.05) is 6.04 Å². The highest BCUT2D eigenvalue weighted by Crippen LogP contribution is 2.23. The van der Waals surface area contributed by atoms with Gasteiger partial charge in [-0.15, -0.1) is 0 Å². The molecule has 0 aromatic heterocycles. The molecule has 0 bridgehead atoms. The third-order valence-electron chi connectivity index (χ3n) is 3.56. The van der Waals surface area contributed by atoms with E-state index in [1.165, 1.54) is 25.3 Å². The molecule has 0 aliphatic rings. The number of hydrogen-bond acceptors (Lipinski definition) is 4. The average molecular weight is 368 g/mol. The SMILES string of the molecule is COC(=O)c1cc(S(=O)(=O)N[C@@H](C)c2ccc(C)cc2)ccc1Cl. The van der Waals surface area contributed by atoms with E-state index in [1.54, 1.807) is 6.92 Å². The van der Waals surface area contributed by atoms with Crippen molar-refractivity contribution in [1.29, 1.82) is 0 Å². The lowest BCUT2D eigenvalue weighted by Gasteiger charge is -2.15. The number of methoxy groups -OCH3 is 1. The van der Waals surface area contributed by atoms with Gasteiger partial charge in [-0.05, 0) is 37.6 Å². The zero-order valence-corrected chi connectivity index (χ0v) is 15.1. The summed E-state index contributed by atoms with van der Waals surface area (Å²) in [6.07, 6.45) is 0. The maximum atomic E-state index is 12.6. The van der Waals surface area contributed by atoms with Gasteiger partial charge in [0.05, 0.1) is 22.6 Å². The molecule has 0 radical (unpaired) electrons. The third kappa shape index (κ3) is 4.14. The number of nitrogens with one attached hydrogen (secondary N) is 1. The van der Waals surface area contributed by atoms with E-state index in [4.69, 9.17) is 11.6 Å². The first-order valence-corrected chi connectivity index (χ1v) is 9.07. The number of sulfonamides is 1. The Kier molecular flexibility index (Phi) is 5.64. The first-order valence-electron chi connectivity index (χ1n) is 7.21. The predicted molar refractivity (Wildman–Crippen MR) is 92.7 cm³/mol. The van der Waals surface area contributed by atoms with Crippen molar-refractivity contribution in [3.05, 3.63) is 64.2 Å². The van der Waals surface area contributed by atoms with Gasteiger partial charge in [0.15, 0.2) is 0 Å². The average Bonchev–Trinajstić information content (AvgIpc) is 2.54. The lowest BCUT2D eigenvalue weighted by atomic mass is 10.1. The maximum absolute atomic E-state index is 12.6. The molecule has 0 aliphatic carbocycles. The molecule has 1 atom stereocenters. The number of carbonyl (C=O) groups is 1. The van der Waals surface area contributed by atoms with Crippen LogP contribution in [0, 0.1) is 6.92 Å². The number of ether oxygens (including phenoxy) is 1. The molecule has 2 aromatic rings. The number of hydrogen-bond donors (Lipinski definition) is 1. The van der Waals surface area contributed by atoms with Crippen LogP contribution in [0.5, 0.6) is 0 Å². The summed E-state index contributed by atoms with van der Waals surface area (Å²) >= 11 is 5.92. The van der Waals surface area contributed by atoms with Crippen LogP contribution in [-0.2, 0) is 14.8 Å². The van der Waals surface area contributed by atoms with Gasteiger partial charge in [0.25, 0.3) is 0 Å². The van der Waals surface area contributed by atoms with Crippen molar-refractivity contribution in [1.82, 2.24) is 4.72 Å². The first-order chi connectivity index (χ1) is 11.2. The fourth-order valence-corrected chi connectivity index (χ4v) is 3.61. The fraction of sp³-hybridized carbons (Fsp3) is 0.235. The van der Waals surface area contributed by atoms with Crippen molar-refractivity contribution in [2.24, 2.45) is 0 Å². The van der Waals surface area contributed by atoms with E-state index < -0.39 is 22.0 Å². The van der Waals surface area contributed by atoms with Gasteiger partial charge in [0.1, 0.15) is 0 Å². The molecular formula is C17H18ClNO4S. The maximum Gasteiger partial charge on any atom is 0.339 e. The quantitative estimate of drug-likeness (QED) is 0.821. The molecule has 1 N–H and O–H groups in total. The Labute approximate surface area is 146 Å². The second kappa shape index (κ2) is 7.34. The van der Waals surface area contributed by atoms with Crippen LogP contribution in [0.2, 0.25) is 5.02 Å². The van der Waals surface area contributed by atoms with Crippen LogP contribution in [0.4, 0.5) is 0 Å². The van der Waals surface area contributed by atoms with Gasteiger partial charge in [-0.1, -0.05) is 41.4 Å². The van der Waals surface area contributed by atoms with E-state index in [0.717, 1.165) is 11.1 Å². The van der Waals surface area contributed by atoms with E-state index in [2.05, 4.69) is 9.46 Å². The van der Waals surface area contributed by atoms with Gasteiger partial charge >= 0.3 is 5.97 Å². The Hall–Kier alpha value is -1.89. The molecule has 0 unspecified atom stereocenters. The molecule has 0 fully saturated rings. The Morgan fingerprint density at radius 3 is 2.38 bits per heavy atom. The second-order valence-corrected chi connectivity index (χ2v) is 7.51. The number of aryl methyl sites for hydroxylation is 1. The summed E-state index contributed by atoms with van der Waals surface area (Å²) in [6.45, 7) is 3.71.